The summed E-state index contributed by atoms with van der Waals surface area (Å²) in [6.45, 7) is 2.84. The lowest BCUT2D eigenvalue weighted by Crippen LogP contribution is -2.29. The standard InChI is InChI=1S/C13H19NO.ClH/c1-2-5-11-6-3-4-7-12(11)15-10-13(14)8-9-13;/h3-4,6-7H,2,5,8-10,14H2,1H3;1H. The van der Waals surface area contributed by atoms with Gasteiger partial charge in [-0.25, -0.2) is 0 Å². The largest absolute Gasteiger partial charge is 0.491 e. The van der Waals surface area contributed by atoms with E-state index in [2.05, 4.69) is 19.1 Å². The number of ether oxygens (including phenoxy) is 1. The Bertz CT molecular complexity index is 336. The molecule has 0 heterocycles. The van der Waals surface area contributed by atoms with Crippen LogP contribution in [0.15, 0.2) is 24.3 Å². The van der Waals surface area contributed by atoms with Crippen molar-refractivity contribution in [1.29, 1.82) is 0 Å². The van der Waals surface area contributed by atoms with E-state index in [9.17, 15) is 0 Å². The van der Waals surface area contributed by atoms with Gasteiger partial charge in [-0.15, -0.1) is 12.4 Å². The molecule has 0 spiro atoms. The summed E-state index contributed by atoms with van der Waals surface area (Å²) in [5.74, 6) is 1.01. The summed E-state index contributed by atoms with van der Waals surface area (Å²) in [5, 5.41) is 0. The molecule has 1 aromatic rings. The summed E-state index contributed by atoms with van der Waals surface area (Å²) in [5.41, 5.74) is 7.26. The highest BCUT2D eigenvalue weighted by molar-refractivity contribution is 5.85. The van der Waals surface area contributed by atoms with Crippen molar-refractivity contribution in [1.82, 2.24) is 0 Å². The molecule has 0 bridgehead atoms. The van der Waals surface area contributed by atoms with Gasteiger partial charge in [0.1, 0.15) is 12.4 Å². The van der Waals surface area contributed by atoms with Crippen molar-refractivity contribution in [2.45, 2.75) is 38.1 Å². The van der Waals surface area contributed by atoms with Crippen LogP contribution in [0.1, 0.15) is 31.7 Å². The molecule has 0 radical (unpaired) electrons. The first kappa shape index (κ1) is 13.3. The van der Waals surface area contributed by atoms with Gasteiger partial charge in [0.05, 0.1) is 5.54 Å². The zero-order chi connectivity index (χ0) is 10.7. The van der Waals surface area contributed by atoms with E-state index in [1.165, 1.54) is 5.56 Å². The Balaban J connectivity index is 0.00000128. The number of para-hydroxylation sites is 1. The van der Waals surface area contributed by atoms with Gasteiger partial charge in [-0.1, -0.05) is 31.5 Å². The fraction of sp³-hybridized carbons (Fsp3) is 0.538. The second-order valence-corrected chi connectivity index (χ2v) is 4.51. The molecule has 0 aromatic heterocycles. The maximum absolute atomic E-state index is 5.99. The van der Waals surface area contributed by atoms with Crippen molar-refractivity contribution in [2.75, 3.05) is 6.61 Å². The number of hydrogen-bond acceptors (Lipinski definition) is 2. The molecule has 3 heteroatoms. The van der Waals surface area contributed by atoms with Crippen LogP contribution in [-0.4, -0.2) is 12.1 Å². The topological polar surface area (TPSA) is 35.2 Å². The van der Waals surface area contributed by atoms with Crippen molar-refractivity contribution < 1.29 is 4.74 Å². The number of benzene rings is 1. The predicted molar refractivity (Wildman–Crippen MR) is 69.3 cm³/mol. The van der Waals surface area contributed by atoms with Gasteiger partial charge in [-0.2, -0.15) is 0 Å². The Morgan fingerprint density at radius 2 is 2.00 bits per heavy atom. The summed E-state index contributed by atoms with van der Waals surface area (Å²) in [6.07, 6.45) is 4.42. The van der Waals surface area contributed by atoms with Gasteiger partial charge in [0.25, 0.3) is 0 Å². The van der Waals surface area contributed by atoms with Crippen molar-refractivity contribution >= 4 is 12.4 Å². The van der Waals surface area contributed by atoms with E-state index < -0.39 is 0 Å². The maximum Gasteiger partial charge on any atom is 0.122 e. The van der Waals surface area contributed by atoms with Crippen LogP contribution in [0.4, 0.5) is 0 Å². The van der Waals surface area contributed by atoms with Gasteiger partial charge >= 0.3 is 0 Å². The molecule has 2 nitrogen and oxygen atoms in total. The molecule has 90 valence electrons. The van der Waals surface area contributed by atoms with Crippen LogP contribution in [-0.2, 0) is 6.42 Å². The zero-order valence-corrected chi connectivity index (χ0v) is 10.6. The molecular weight excluding hydrogens is 222 g/mol. The van der Waals surface area contributed by atoms with E-state index in [1.54, 1.807) is 0 Å². The van der Waals surface area contributed by atoms with Crippen LogP contribution in [0.25, 0.3) is 0 Å². The summed E-state index contributed by atoms with van der Waals surface area (Å²) < 4.78 is 5.79. The molecule has 0 unspecified atom stereocenters. The molecular formula is C13H20ClNO. The van der Waals surface area contributed by atoms with Crippen LogP contribution in [0, 0.1) is 0 Å². The van der Waals surface area contributed by atoms with E-state index in [0.717, 1.165) is 31.4 Å². The van der Waals surface area contributed by atoms with Gasteiger partial charge in [-0.3, -0.25) is 0 Å². The molecule has 0 amide bonds. The first-order chi connectivity index (χ1) is 7.23. The fourth-order valence-electron chi connectivity index (χ4n) is 1.65. The monoisotopic (exact) mass is 241 g/mol. The third-order valence-corrected chi connectivity index (χ3v) is 2.90. The summed E-state index contributed by atoms with van der Waals surface area (Å²) in [6, 6.07) is 8.25. The Morgan fingerprint density at radius 3 is 2.62 bits per heavy atom. The molecule has 0 aliphatic heterocycles. The molecule has 2 rings (SSSR count). The first-order valence-corrected chi connectivity index (χ1v) is 5.73. The minimum absolute atomic E-state index is 0. The quantitative estimate of drug-likeness (QED) is 0.860. The van der Waals surface area contributed by atoms with Crippen molar-refractivity contribution in [3.05, 3.63) is 29.8 Å². The fourth-order valence-corrected chi connectivity index (χ4v) is 1.65. The molecule has 1 aliphatic rings. The molecule has 0 saturated heterocycles. The Kier molecular flexibility index (Phi) is 4.63. The Morgan fingerprint density at radius 1 is 1.31 bits per heavy atom. The smallest absolute Gasteiger partial charge is 0.122 e. The van der Waals surface area contributed by atoms with Crippen molar-refractivity contribution in [2.24, 2.45) is 5.73 Å². The Labute approximate surface area is 104 Å². The van der Waals surface area contributed by atoms with Gasteiger partial charge in [0.2, 0.25) is 0 Å². The molecule has 16 heavy (non-hydrogen) atoms. The molecule has 1 fully saturated rings. The van der Waals surface area contributed by atoms with Gasteiger partial charge in [0.15, 0.2) is 0 Å². The van der Waals surface area contributed by atoms with E-state index in [1.807, 2.05) is 12.1 Å². The normalized spacial score (nSPS) is 16.4. The summed E-state index contributed by atoms with van der Waals surface area (Å²) >= 11 is 0. The van der Waals surface area contributed by atoms with Gasteiger partial charge in [-0.05, 0) is 30.9 Å². The van der Waals surface area contributed by atoms with Crippen LogP contribution in [0.2, 0.25) is 0 Å². The summed E-state index contributed by atoms with van der Waals surface area (Å²) in [4.78, 5) is 0. The molecule has 2 N–H and O–H groups in total. The minimum atomic E-state index is -0.0284. The number of hydrogen-bond donors (Lipinski definition) is 1. The van der Waals surface area contributed by atoms with E-state index in [4.69, 9.17) is 10.5 Å². The van der Waals surface area contributed by atoms with E-state index >= 15 is 0 Å². The van der Waals surface area contributed by atoms with Crippen LogP contribution < -0.4 is 10.5 Å². The average Bonchev–Trinajstić information content (AvgIpc) is 2.97. The molecule has 0 atom stereocenters. The molecule has 1 saturated carbocycles. The zero-order valence-electron chi connectivity index (χ0n) is 9.74. The second-order valence-electron chi connectivity index (χ2n) is 4.51. The highest BCUT2D eigenvalue weighted by Gasteiger charge is 2.39. The first-order valence-electron chi connectivity index (χ1n) is 5.73. The van der Waals surface area contributed by atoms with E-state index in [-0.39, 0.29) is 17.9 Å². The predicted octanol–water partition coefficient (Wildman–Crippen LogP) is 2.93. The summed E-state index contributed by atoms with van der Waals surface area (Å²) in [7, 11) is 0. The third-order valence-electron chi connectivity index (χ3n) is 2.90. The van der Waals surface area contributed by atoms with E-state index in [0.29, 0.717) is 6.61 Å². The van der Waals surface area contributed by atoms with Crippen molar-refractivity contribution in [3.63, 3.8) is 0 Å². The average molecular weight is 242 g/mol. The van der Waals surface area contributed by atoms with Crippen LogP contribution >= 0.6 is 12.4 Å². The van der Waals surface area contributed by atoms with Crippen LogP contribution in [0.3, 0.4) is 0 Å². The molecule has 1 aliphatic carbocycles. The number of nitrogens with two attached hydrogens (primary N) is 1. The van der Waals surface area contributed by atoms with Gasteiger partial charge in [0, 0.05) is 0 Å². The van der Waals surface area contributed by atoms with Crippen molar-refractivity contribution in [3.8, 4) is 5.75 Å². The minimum Gasteiger partial charge on any atom is -0.491 e. The highest BCUT2D eigenvalue weighted by atomic mass is 35.5. The van der Waals surface area contributed by atoms with Crippen LogP contribution in [0.5, 0.6) is 5.75 Å². The second kappa shape index (κ2) is 5.55. The lowest BCUT2D eigenvalue weighted by molar-refractivity contribution is 0.277. The number of aryl methyl sites for hydroxylation is 1. The maximum atomic E-state index is 5.99. The number of halogens is 1. The number of rotatable bonds is 5. The lowest BCUT2D eigenvalue weighted by atomic mass is 10.1. The Hall–Kier alpha value is -0.730. The van der Waals surface area contributed by atoms with Gasteiger partial charge < -0.3 is 10.5 Å². The lowest BCUT2D eigenvalue weighted by Gasteiger charge is -2.14. The third kappa shape index (κ3) is 3.39. The SMILES string of the molecule is CCCc1ccccc1OCC1(N)CC1.Cl. The highest BCUT2D eigenvalue weighted by Crippen LogP contribution is 2.33. The molecule has 1 aromatic carbocycles.